The van der Waals surface area contributed by atoms with Crippen molar-refractivity contribution in [2.75, 3.05) is 0 Å². The van der Waals surface area contributed by atoms with E-state index in [-0.39, 0.29) is 6.04 Å². The van der Waals surface area contributed by atoms with Crippen LogP contribution >= 0.6 is 0 Å². The molecule has 1 aromatic rings. The van der Waals surface area contributed by atoms with Crippen LogP contribution in [0, 0.1) is 5.92 Å². The van der Waals surface area contributed by atoms with Gasteiger partial charge in [0.2, 0.25) is 0 Å². The Morgan fingerprint density at radius 1 is 1.42 bits per heavy atom. The molecular weight excluding hydrogens is 148 g/mol. The standard InChI is InChI=1S/C10H16N2/c11-10(8-4-1-2-5-8)9-6-3-7-12-9/h3,6-8,10,12H,1-2,4-5,11H2/t10-/m1/s1. The molecule has 0 aromatic carbocycles. The van der Waals surface area contributed by atoms with Crippen molar-refractivity contribution in [1.82, 2.24) is 4.98 Å². The molecule has 1 fully saturated rings. The van der Waals surface area contributed by atoms with Gasteiger partial charge in [0, 0.05) is 17.9 Å². The van der Waals surface area contributed by atoms with Gasteiger partial charge in [0.05, 0.1) is 0 Å². The zero-order chi connectivity index (χ0) is 8.39. The molecule has 1 atom stereocenters. The highest BCUT2D eigenvalue weighted by molar-refractivity contribution is 5.10. The zero-order valence-electron chi connectivity index (χ0n) is 7.29. The maximum absolute atomic E-state index is 6.11. The molecule has 2 heteroatoms. The highest BCUT2D eigenvalue weighted by atomic mass is 14.8. The summed E-state index contributed by atoms with van der Waals surface area (Å²) in [5.41, 5.74) is 7.31. The number of aromatic nitrogens is 1. The summed E-state index contributed by atoms with van der Waals surface area (Å²) in [5, 5.41) is 0. The summed E-state index contributed by atoms with van der Waals surface area (Å²) in [6, 6.07) is 4.34. The van der Waals surface area contributed by atoms with Crippen LogP contribution in [-0.2, 0) is 0 Å². The van der Waals surface area contributed by atoms with Crippen LogP contribution in [0.1, 0.15) is 37.4 Å². The van der Waals surface area contributed by atoms with Crippen molar-refractivity contribution in [3.8, 4) is 0 Å². The van der Waals surface area contributed by atoms with Crippen molar-refractivity contribution in [2.45, 2.75) is 31.7 Å². The van der Waals surface area contributed by atoms with E-state index in [9.17, 15) is 0 Å². The number of nitrogens with two attached hydrogens (primary N) is 1. The number of hydrogen-bond acceptors (Lipinski definition) is 1. The van der Waals surface area contributed by atoms with Crippen molar-refractivity contribution >= 4 is 0 Å². The summed E-state index contributed by atoms with van der Waals surface area (Å²) >= 11 is 0. The molecule has 0 spiro atoms. The molecule has 1 aromatic heterocycles. The minimum Gasteiger partial charge on any atom is -0.364 e. The first-order chi connectivity index (χ1) is 5.88. The van der Waals surface area contributed by atoms with E-state index < -0.39 is 0 Å². The normalized spacial score (nSPS) is 21.4. The van der Waals surface area contributed by atoms with E-state index in [1.165, 1.54) is 31.4 Å². The molecule has 1 saturated carbocycles. The third kappa shape index (κ3) is 1.39. The molecule has 1 aliphatic rings. The van der Waals surface area contributed by atoms with E-state index in [0.29, 0.717) is 5.92 Å². The second kappa shape index (κ2) is 3.31. The predicted octanol–water partition coefficient (Wildman–Crippen LogP) is 2.20. The van der Waals surface area contributed by atoms with E-state index in [1.54, 1.807) is 0 Å². The third-order valence-electron chi connectivity index (χ3n) is 2.89. The lowest BCUT2D eigenvalue weighted by molar-refractivity contribution is 0.438. The zero-order valence-corrected chi connectivity index (χ0v) is 7.29. The Bertz CT molecular complexity index is 222. The quantitative estimate of drug-likeness (QED) is 0.691. The van der Waals surface area contributed by atoms with Crippen LogP contribution in [0.25, 0.3) is 0 Å². The lowest BCUT2D eigenvalue weighted by atomic mass is 9.96. The largest absolute Gasteiger partial charge is 0.364 e. The number of aromatic amines is 1. The van der Waals surface area contributed by atoms with Gasteiger partial charge in [-0.1, -0.05) is 12.8 Å². The topological polar surface area (TPSA) is 41.8 Å². The van der Waals surface area contributed by atoms with Gasteiger partial charge in [0.15, 0.2) is 0 Å². The second-order valence-electron chi connectivity index (χ2n) is 3.70. The molecule has 1 aliphatic carbocycles. The lowest BCUT2D eigenvalue weighted by Crippen LogP contribution is -2.19. The van der Waals surface area contributed by atoms with Crippen molar-refractivity contribution in [1.29, 1.82) is 0 Å². The van der Waals surface area contributed by atoms with Crippen LogP contribution in [-0.4, -0.2) is 4.98 Å². The first-order valence-corrected chi connectivity index (χ1v) is 4.77. The van der Waals surface area contributed by atoms with Gasteiger partial charge in [0.1, 0.15) is 0 Å². The Morgan fingerprint density at radius 3 is 2.75 bits per heavy atom. The third-order valence-corrected chi connectivity index (χ3v) is 2.89. The smallest absolute Gasteiger partial charge is 0.0476 e. The fourth-order valence-corrected chi connectivity index (χ4v) is 2.12. The molecule has 1 heterocycles. The van der Waals surface area contributed by atoms with E-state index in [4.69, 9.17) is 5.73 Å². The van der Waals surface area contributed by atoms with E-state index in [1.807, 2.05) is 12.3 Å². The summed E-state index contributed by atoms with van der Waals surface area (Å²) in [7, 11) is 0. The molecule has 0 saturated heterocycles. The maximum atomic E-state index is 6.11. The monoisotopic (exact) mass is 164 g/mol. The van der Waals surface area contributed by atoms with Crippen molar-refractivity contribution < 1.29 is 0 Å². The summed E-state index contributed by atoms with van der Waals surface area (Å²) in [5.74, 6) is 0.712. The SMILES string of the molecule is N[C@@H](c1ccc[nH]1)C1CCCC1. The molecule has 2 rings (SSSR count). The van der Waals surface area contributed by atoms with E-state index >= 15 is 0 Å². The molecule has 0 aliphatic heterocycles. The lowest BCUT2D eigenvalue weighted by Gasteiger charge is -2.16. The summed E-state index contributed by atoms with van der Waals surface area (Å²) in [6.45, 7) is 0. The van der Waals surface area contributed by atoms with Crippen LogP contribution < -0.4 is 5.73 Å². The number of H-pyrrole nitrogens is 1. The molecular formula is C10H16N2. The fraction of sp³-hybridized carbons (Fsp3) is 0.600. The summed E-state index contributed by atoms with van der Waals surface area (Å²) < 4.78 is 0. The van der Waals surface area contributed by atoms with Gasteiger partial charge < -0.3 is 10.7 Å². The maximum Gasteiger partial charge on any atom is 0.0476 e. The van der Waals surface area contributed by atoms with Gasteiger partial charge in [-0.05, 0) is 30.9 Å². The summed E-state index contributed by atoms with van der Waals surface area (Å²) in [6.07, 6.45) is 7.28. The number of nitrogens with one attached hydrogen (secondary N) is 1. The molecule has 0 bridgehead atoms. The van der Waals surface area contributed by atoms with Crippen molar-refractivity contribution in [2.24, 2.45) is 11.7 Å². The molecule has 0 unspecified atom stereocenters. The molecule has 3 N–H and O–H groups in total. The Labute approximate surface area is 73.2 Å². The van der Waals surface area contributed by atoms with Crippen LogP contribution in [0.15, 0.2) is 18.3 Å². The van der Waals surface area contributed by atoms with Crippen LogP contribution in [0.5, 0.6) is 0 Å². The molecule has 0 radical (unpaired) electrons. The molecule has 12 heavy (non-hydrogen) atoms. The van der Waals surface area contributed by atoms with Gasteiger partial charge >= 0.3 is 0 Å². The van der Waals surface area contributed by atoms with Gasteiger partial charge in [0.25, 0.3) is 0 Å². The van der Waals surface area contributed by atoms with E-state index in [2.05, 4.69) is 11.1 Å². The average Bonchev–Trinajstić information content (AvgIpc) is 2.77. The Morgan fingerprint density at radius 2 is 2.17 bits per heavy atom. The minimum atomic E-state index is 0.238. The second-order valence-corrected chi connectivity index (χ2v) is 3.70. The first-order valence-electron chi connectivity index (χ1n) is 4.77. The van der Waals surface area contributed by atoms with Gasteiger partial charge in [-0.15, -0.1) is 0 Å². The summed E-state index contributed by atoms with van der Waals surface area (Å²) in [4.78, 5) is 3.19. The Balaban J connectivity index is 2.04. The molecule has 0 amide bonds. The average molecular weight is 164 g/mol. The fourth-order valence-electron chi connectivity index (χ4n) is 2.12. The Hall–Kier alpha value is -0.760. The Kier molecular flexibility index (Phi) is 2.17. The van der Waals surface area contributed by atoms with Crippen LogP contribution in [0.3, 0.4) is 0 Å². The van der Waals surface area contributed by atoms with Gasteiger partial charge in [-0.25, -0.2) is 0 Å². The van der Waals surface area contributed by atoms with Gasteiger partial charge in [-0.3, -0.25) is 0 Å². The first kappa shape index (κ1) is 7.87. The van der Waals surface area contributed by atoms with Gasteiger partial charge in [-0.2, -0.15) is 0 Å². The van der Waals surface area contributed by atoms with Crippen LogP contribution in [0.4, 0.5) is 0 Å². The highest BCUT2D eigenvalue weighted by Crippen LogP contribution is 2.33. The predicted molar refractivity (Wildman–Crippen MR) is 49.7 cm³/mol. The minimum absolute atomic E-state index is 0.238. The van der Waals surface area contributed by atoms with Crippen LogP contribution in [0.2, 0.25) is 0 Å². The molecule has 2 nitrogen and oxygen atoms in total. The van der Waals surface area contributed by atoms with E-state index in [0.717, 1.165) is 0 Å². The van der Waals surface area contributed by atoms with Crippen molar-refractivity contribution in [3.05, 3.63) is 24.0 Å². The molecule has 66 valence electrons. The number of rotatable bonds is 2. The number of hydrogen-bond donors (Lipinski definition) is 2. The van der Waals surface area contributed by atoms with Crippen molar-refractivity contribution in [3.63, 3.8) is 0 Å². The highest BCUT2D eigenvalue weighted by Gasteiger charge is 2.23.